The van der Waals surface area contributed by atoms with E-state index in [1.54, 1.807) is 6.92 Å². The van der Waals surface area contributed by atoms with Crippen LogP contribution >= 0.6 is 11.6 Å². The predicted octanol–water partition coefficient (Wildman–Crippen LogP) is 3.11. The molecule has 0 aliphatic rings. The van der Waals surface area contributed by atoms with E-state index in [0.717, 1.165) is 11.4 Å². The van der Waals surface area contributed by atoms with Crippen molar-refractivity contribution in [2.75, 3.05) is 0 Å². The second-order valence-electron chi connectivity index (χ2n) is 3.98. The Morgan fingerprint density at radius 1 is 1.50 bits per heavy atom. The Kier molecular flexibility index (Phi) is 3.83. The number of carbonyl (C=O) groups is 1. The first kappa shape index (κ1) is 12.9. The number of halogens is 1. The summed E-state index contributed by atoms with van der Waals surface area (Å²) in [6.07, 6.45) is 5.41. The van der Waals surface area contributed by atoms with Crippen LogP contribution in [0.15, 0.2) is 6.07 Å². The van der Waals surface area contributed by atoms with Crippen LogP contribution < -0.4 is 0 Å². The Bertz CT molecular complexity index is 451. The monoisotopic (exact) mass is 237 g/mol. The van der Waals surface area contributed by atoms with E-state index >= 15 is 0 Å². The lowest BCUT2D eigenvalue weighted by Gasteiger charge is -2.13. The van der Waals surface area contributed by atoms with E-state index in [4.69, 9.17) is 18.0 Å². The average molecular weight is 238 g/mol. The van der Waals surface area contributed by atoms with Gasteiger partial charge in [0.05, 0.1) is 11.4 Å². The second kappa shape index (κ2) is 4.76. The van der Waals surface area contributed by atoms with Gasteiger partial charge in [-0.05, 0) is 33.8 Å². The SMILES string of the molecule is C#CC(C)n1c(C)cc(C(=O)C(C)Cl)c1C. The van der Waals surface area contributed by atoms with Gasteiger partial charge in [-0.2, -0.15) is 0 Å². The molecule has 0 saturated heterocycles. The molecule has 0 amide bonds. The van der Waals surface area contributed by atoms with E-state index in [2.05, 4.69) is 5.92 Å². The summed E-state index contributed by atoms with van der Waals surface area (Å²) in [5.74, 6) is 2.61. The largest absolute Gasteiger partial charge is 0.335 e. The molecule has 0 bridgehead atoms. The summed E-state index contributed by atoms with van der Waals surface area (Å²) in [7, 11) is 0. The maximum Gasteiger partial charge on any atom is 0.182 e. The molecular formula is C13H16ClNO. The number of carbonyl (C=O) groups excluding carboxylic acids is 1. The van der Waals surface area contributed by atoms with Gasteiger partial charge in [0.15, 0.2) is 5.78 Å². The lowest BCUT2D eigenvalue weighted by molar-refractivity contribution is 0.0991. The Labute approximate surface area is 102 Å². The molecule has 2 atom stereocenters. The van der Waals surface area contributed by atoms with E-state index in [1.165, 1.54) is 0 Å². The number of hydrogen-bond acceptors (Lipinski definition) is 1. The lowest BCUT2D eigenvalue weighted by atomic mass is 10.1. The van der Waals surface area contributed by atoms with Crippen LogP contribution in [0.5, 0.6) is 0 Å². The van der Waals surface area contributed by atoms with Gasteiger partial charge in [-0.1, -0.05) is 5.92 Å². The summed E-state index contributed by atoms with van der Waals surface area (Å²) in [6.45, 7) is 7.45. The summed E-state index contributed by atoms with van der Waals surface area (Å²) in [4.78, 5) is 11.8. The molecule has 16 heavy (non-hydrogen) atoms. The molecular weight excluding hydrogens is 222 g/mol. The van der Waals surface area contributed by atoms with Crippen molar-refractivity contribution in [3.05, 3.63) is 23.0 Å². The third-order valence-corrected chi connectivity index (χ3v) is 2.94. The van der Waals surface area contributed by atoms with E-state index < -0.39 is 5.38 Å². The van der Waals surface area contributed by atoms with Gasteiger partial charge in [-0.3, -0.25) is 4.79 Å². The summed E-state index contributed by atoms with van der Waals surface area (Å²) in [5.41, 5.74) is 2.55. The number of aryl methyl sites for hydroxylation is 1. The first-order chi connectivity index (χ1) is 7.40. The summed E-state index contributed by atoms with van der Waals surface area (Å²) < 4.78 is 1.98. The second-order valence-corrected chi connectivity index (χ2v) is 4.63. The average Bonchev–Trinajstić information content (AvgIpc) is 2.52. The maximum absolute atomic E-state index is 11.8. The van der Waals surface area contributed by atoms with E-state index in [0.29, 0.717) is 5.56 Å². The van der Waals surface area contributed by atoms with E-state index in [-0.39, 0.29) is 11.8 Å². The molecule has 86 valence electrons. The van der Waals surface area contributed by atoms with Crippen molar-refractivity contribution in [3.63, 3.8) is 0 Å². The van der Waals surface area contributed by atoms with Crippen molar-refractivity contribution < 1.29 is 4.79 Å². The molecule has 2 nitrogen and oxygen atoms in total. The molecule has 3 heteroatoms. The first-order valence-electron chi connectivity index (χ1n) is 5.23. The summed E-state index contributed by atoms with van der Waals surface area (Å²) >= 11 is 5.81. The van der Waals surface area contributed by atoms with Crippen molar-refractivity contribution in [1.82, 2.24) is 4.57 Å². The molecule has 1 aromatic rings. The highest BCUT2D eigenvalue weighted by molar-refractivity contribution is 6.33. The quantitative estimate of drug-likeness (QED) is 0.450. The smallest absolute Gasteiger partial charge is 0.182 e. The molecule has 0 aromatic carbocycles. The van der Waals surface area contributed by atoms with Crippen molar-refractivity contribution in [2.45, 2.75) is 39.1 Å². The highest BCUT2D eigenvalue weighted by Gasteiger charge is 2.20. The third kappa shape index (κ3) is 2.15. The van der Waals surface area contributed by atoms with Crippen molar-refractivity contribution in [2.24, 2.45) is 0 Å². The normalized spacial score (nSPS) is 14.2. The zero-order valence-corrected chi connectivity index (χ0v) is 10.8. The number of Topliss-reactive ketones (excluding diaryl/α,β-unsaturated/α-hetero) is 1. The van der Waals surface area contributed by atoms with Gasteiger partial charge in [0.1, 0.15) is 0 Å². The minimum atomic E-state index is -0.505. The standard InChI is InChI=1S/C13H16ClNO/c1-6-8(2)15-9(3)7-12(11(15)5)13(16)10(4)14/h1,7-8,10H,2-5H3. The van der Waals surface area contributed by atoms with Crippen LogP contribution in [0, 0.1) is 26.2 Å². The molecule has 0 spiro atoms. The number of alkyl halides is 1. The zero-order chi connectivity index (χ0) is 12.5. The van der Waals surface area contributed by atoms with Gasteiger partial charge >= 0.3 is 0 Å². The summed E-state index contributed by atoms with van der Waals surface area (Å²) in [6, 6.07) is 1.80. The fourth-order valence-electron chi connectivity index (χ4n) is 1.91. The van der Waals surface area contributed by atoms with Gasteiger partial charge in [0.2, 0.25) is 0 Å². The minimum absolute atomic E-state index is 0.0489. The molecule has 0 fully saturated rings. The Balaban J connectivity index is 3.28. The molecule has 0 aliphatic heterocycles. The van der Waals surface area contributed by atoms with Gasteiger partial charge in [0.25, 0.3) is 0 Å². The number of nitrogens with zero attached hydrogens (tertiary/aromatic N) is 1. The van der Waals surface area contributed by atoms with Crippen LogP contribution in [0.4, 0.5) is 0 Å². The van der Waals surface area contributed by atoms with Gasteiger partial charge in [0, 0.05) is 17.0 Å². The van der Waals surface area contributed by atoms with Crippen LogP contribution in [-0.2, 0) is 0 Å². The Morgan fingerprint density at radius 3 is 2.50 bits per heavy atom. The van der Waals surface area contributed by atoms with E-state index in [1.807, 2.05) is 31.4 Å². The van der Waals surface area contributed by atoms with E-state index in [9.17, 15) is 4.79 Å². The van der Waals surface area contributed by atoms with Crippen LogP contribution in [0.25, 0.3) is 0 Å². The van der Waals surface area contributed by atoms with Crippen LogP contribution in [0.2, 0.25) is 0 Å². The fourth-order valence-corrected chi connectivity index (χ4v) is 2.03. The Hall–Kier alpha value is -1.20. The van der Waals surface area contributed by atoms with Gasteiger partial charge in [-0.25, -0.2) is 0 Å². The molecule has 2 unspecified atom stereocenters. The minimum Gasteiger partial charge on any atom is -0.335 e. The summed E-state index contributed by atoms with van der Waals surface area (Å²) in [5, 5.41) is -0.505. The Morgan fingerprint density at radius 2 is 2.06 bits per heavy atom. The van der Waals surface area contributed by atoms with Gasteiger partial charge < -0.3 is 4.57 Å². The highest BCUT2D eigenvalue weighted by atomic mass is 35.5. The van der Waals surface area contributed by atoms with Gasteiger partial charge in [-0.15, -0.1) is 18.0 Å². The number of terminal acetylenes is 1. The topological polar surface area (TPSA) is 22.0 Å². The number of aromatic nitrogens is 1. The van der Waals surface area contributed by atoms with Crippen molar-refractivity contribution in [1.29, 1.82) is 0 Å². The number of hydrogen-bond donors (Lipinski definition) is 0. The molecule has 0 radical (unpaired) electrons. The molecule has 1 rings (SSSR count). The molecule has 0 N–H and O–H groups in total. The van der Waals surface area contributed by atoms with Crippen molar-refractivity contribution >= 4 is 17.4 Å². The molecule has 0 aliphatic carbocycles. The van der Waals surface area contributed by atoms with Crippen LogP contribution in [0.1, 0.15) is 41.6 Å². The zero-order valence-electron chi connectivity index (χ0n) is 10.0. The maximum atomic E-state index is 11.8. The van der Waals surface area contributed by atoms with Crippen molar-refractivity contribution in [3.8, 4) is 12.3 Å². The fraction of sp³-hybridized carbons (Fsp3) is 0.462. The predicted molar refractivity (Wildman–Crippen MR) is 67.1 cm³/mol. The molecule has 1 heterocycles. The molecule has 1 aromatic heterocycles. The van der Waals surface area contributed by atoms with Crippen LogP contribution in [0.3, 0.4) is 0 Å². The number of ketones is 1. The third-order valence-electron chi connectivity index (χ3n) is 2.74. The highest BCUT2D eigenvalue weighted by Crippen LogP contribution is 2.22. The molecule has 0 saturated carbocycles. The van der Waals surface area contributed by atoms with Crippen LogP contribution in [-0.4, -0.2) is 15.7 Å². The lowest BCUT2D eigenvalue weighted by Crippen LogP contribution is -2.13. The number of rotatable bonds is 3. The first-order valence-corrected chi connectivity index (χ1v) is 5.66.